The second-order valence-corrected chi connectivity index (χ2v) is 6.02. The lowest BCUT2D eigenvalue weighted by molar-refractivity contribution is -0.298. The first-order chi connectivity index (χ1) is 11.8. The van der Waals surface area contributed by atoms with Gasteiger partial charge in [-0.05, 0) is 39.8 Å². The van der Waals surface area contributed by atoms with E-state index in [1.807, 2.05) is 42.8 Å². The SMILES string of the molecule is CCOC(=O)C(=C(C)C)/C(=C/c1c(C)n(C)c2ccccc12)C(=O)[O-]. The van der Waals surface area contributed by atoms with Crippen LogP contribution in [0.5, 0.6) is 0 Å². The summed E-state index contributed by atoms with van der Waals surface area (Å²) in [6.07, 6.45) is 1.51. The van der Waals surface area contributed by atoms with Crippen molar-refractivity contribution >= 4 is 28.9 Å². The quantitative estimate of drug-likeness (QED) is 0.476. The number of benzene rings is 1. The molecule has 0 bridgehead atoms. The van der Waals surface area contributed by atoms with Crippen molar-refractivity contribution in [2.24, 2.45) is 7.05 Å². The molecule has 0 radical (unpaired) electrons. The summed E-state index contributed by atoms with van der Waals surface area (Å²) in [6.45, 7) is 7.12. The van der Waals surface area contributed by atoms with Gasteiger partial charge in [0, 0.05) is 34.8 Å². The van der Waals surface area contributed by atoms with E-state index in [0.29, 0.717) is 5.57 Å². The molecular weight excluding hydrogens is 318 g/mol. The lowest BCUT2D eigenvalue weighted by atomic mass is 9.98. The minimum absolute atomic E-state index is 0.0363. The van der Waals surface area contributed by atoms with Gasteiger partial charge >= 0.3 is 5.97 Å². The summed E-state index contributed by atoms with van der Waals surface area (Å²) in [4.78, 5) is 24.0. The molecule has 0 aliphatic rings. The molecule has 132 valence electrons. The van der Waals surface area contributed by atoms with Crippen molar-refractivity contribution in [2.75, 3.05) is 6.61 Å². The normalized spacial score (nSPS) is 11.5. The van der Waals surface area contributed by atoms with Gasteiger partial charge in [-0.2, -0.15) is 0 Å². The minimum atomic E-state index is -1.41. The number of aryl methyl sites for hydroxylation is 1. The molecule has 1 aromatic carbocycles. The third kappa shape index (κ3) is 3.50. The second-order valence-electron chi connectivity index (χ2n) is 6.02. The van der Waals surface area contributed by atoms with Gasteiger partial charge in [0.05, 0.1) is 18.1 Å². The maximum absolute atomic E-state index is 12.3. The van der Waals surface area contributed by atoms with Crippen LogP contribution in [0.2, 0.25) is 0 Å². The van der Waals surface area contributed by atoms with Crippen LogP contribution in [-0.4, -0.2) is 23.1 Å². The van der Waals surface area contributed by atoms with Gasteiger partial charge in [-0.15, -0.1) is 0 Å². The highest BCUT2D eigenvalue weighted by Crippen LogP contribution is 2.29. The zero-order chi connectivity index (χ0) is 18.7. The van der Waals surface area contributed by atoms with Crippen LogP contribution in [0.4, 0.5) is 0 Å². The van der Waals surface area contributed by atoms with Crippen LogP contribution < -0.4 is 5.11 Å². The average Bonchev–Trinajstić information content (AvgIpc) is 2.79. The highest BCUT2D eigenvalue weighted by Gasteiger charge is 2.20. The molecule has 0 spiro atoms. The van der Waals surface area contributed by atoms with Gasteiger partial charge in [0.15, 0.2) is 0 Å². The number of rotatable bonds is 5. The Morgan fingerprint density at radius 1 is 1.24 bits per heavy atom. The molecule has 0 saturated heterocycles. The fraction of sp³-hybridized carbons (Fsp3) is 0.300. The molecule has 0 aliphatic heterocycles. The van der Waals surface area contributed by atoms with Crippen LogP contribution in [-0.2, 0) is 21.4 Å². The highest BCUT2D eigenvalue weighted by atomic mass is 16.5. The summed E-state index contributed by atoms with van der Waals surface area (Å²) in [5.41, 5.74) is 3.06. The number of carboxylic acids is 1. The molecule has 5 heteroatoms. The van der Waals surface area contributed by atoms with E-state index in [2.05, 4.69) is 0 Å². The van der Waals surface area contributed by atoms with E-state index in [0.717, 1.165) is 22.2 Å². The van der Waals surface area contributed by atoms with Gasteiger partial charge in [-0.3, -0.25) is 0 Å². The number of aliphatic carboxylic acids is 1. The maximum Gasteiger partial charge on any atom is 0.338 e. The Hall–Kier alpha value is -2.82. The number of nitrogens with zero attached hydrogens (tertiary/aromatic N) is 1. The largest absolute Gasteiger partial charge is 0.545 e. The number of hydrogen-bond donors (Lipinski definition) is 0. The maximum atomic E-state index is 12.3. The molecule has 0 unspecified atom stereocenters. The Balaban J connectivity index is 2.74. The lowest BCUT2D eigenvalue weighted by Crippen LogP contribution is -2.28. The van der Waals surface area contributed by atoms with E-state index in [1.165, 1.54) is 6.08 Å². The molecule has 2 rings (SSSR count). The smallest absolute Gasteiger partial charge is 0.338 e. The Morgan fingerprint density at radius 3 is 2.44 bits per heavy atom. The van der Waals surface area contributed by atoms with Crippen LogP contribution in [0, 0.1) is 6.92 Å². The van der Waals surface area contributed by atoms with Crippen LogP contribution >= 0.6 is 0 Å². The predicted molar refractivity (Wildman–Crippen MR) is 95.6 cm³/mol. The van der Waals surface area contributed by atoms with Crippen molar-refractivity contribution in [3.8, 4) is 0 Å². The summed E-state index contributed by atoms with van der Waals surface area (Å²) in [5, 5.41) is 12.7. The van der Waals surface area contributed by atoms with Crippen molar-refractivity contribution in [3.63, 3.8) is 0 Å². The fourth-order valence-corrected chi connectivity index (χ4v) is 2.90. The molecular formula is C20H22NO4-. The van der Waals surface area contributed by atoms with Gasteiger partial charge < -0.3 is 19.2 Å². The van der Waals surface area contributed by atoms with Gasteiger partial charge in [-0.1, -0.05) is 23.8 Å². The van der Waals surface area contributed by atoms with Crippen molar-refractivity contribution in [1.82, 2.24) is 4.57 Å². The van der Waals surface area contributed by atoms with E-state index in [-0.39, 0.29) is 17.8 Å². The Bertz CT molecular complexity index is 896. The highest BCUT2D eigenvalue weighted by molar-refractivity contribution is 6.10. The van der Waals surface area contributed by atoms with Crippen LogP contribution in [0.25, 0.3) is 17.0 Å². The van der Waals surface area contributed by atoms with Crippen molar-refractivity contribution in [2.45, 2.75) is 27.7 Å². The summed E-state index contributed by atoms with van der Waals surface area (Å²) < 4.78 is 7.01. The van der Waals surface area contributed by atoms with E-state index >= 15 is 0 Å². The predicted octanol–water partition coefficient (Wildman–Crippen LogP) is 2.52. The monoisotopic (exact) mass is 340 g/mol. The molecule has 25 heavy (non-hydrogen) atoms. The molecule has 1 aromatic heterocycles. The lowest BCUT2D eigenvalue weighted by Gasteiger charge is -2.14. The van der Waals surface area contributed by atoms with E-state index in [1.54, 1.807) is 20.8 Å². The zero-order valence-electron chi connectivity index (χ0n) is 15.2. The van der Waals surface area contributed by atoms with Crippen LogP contribution in [0.1, 0.15) is 32.0 Å². The number of carbonyl (C=O) groups is 2. The number of carbonyl (C=O) groups excluding carboxylic acids is 2. The Labute approximate surface area is 147 Å². The third-order valence-electron chi connectivity index (χ3n) is 4.21. The van der Waals surface area contributed by atoms with Gasteiger partial charge in [0.25, 0.3) is 0 Å². The molecule has 5 nitrogen and oxygen atoms in total. The number of aromatic nitrogens is 1. The third-order valence-corrected chi connectivity index (χ3v) is 4.21. The second kappa shape index (κ2) is 7.38. The number of allylic oxidation sites excluding steroid dienone is 1. The molecule has 0 atom stereocenters. The van der Waals surface area contributed by atoms with E-state index in [4.69, 9.17) is 4.74 Å². The Kier molecular flexibility index (Phi) is 5.47. The first-order valence-corrected chi connectivity index (χ1v) is 8.11. The number of fused-ring (bicyclic) bond motifs is 1. The Morgan fingerprint density at radius 2 is 1.88 bits per heavy atom. The molecule has 2 aromatic rings. The summed E-state index contributed by atoms with van der Waals surface area (Å²) >= 11 is 0. The number of para-hydroxylation sites is 1. The summed E-state index contributed by atoms with van der Waals surface area (Å²) in [6, 6.07) is 7.71. The van der Waals surface area contributed by atoms with Crippen molar-refractivity contribution in [1.29, 1.82) is 0 Å². The number of ether oxygens (including phenoxy) is 1. The van der Waals surface area contributed by atoms with Gasteiger partial charge in [0.1, 0.15) is 0 Å². The summed E-state index contributed by atoms with van der Waals surface area (Å²) in [7, 11) is 1.92. The van der Waals surface area contributed by atoms with Crippen LogP contribution in [0.15, 0.2) is 41.0 Å². The van der Waals surface area contributed by atoms with E-state index in [9.17, 15) is 14.7 Å². The number of hydrogen-bond acceptors (Lipinski definition) is 4. The first kappa shape index (κ1) is 18.5. The average molecular weight is 340 g/mol. The molecule has 0 N–H and O–H groups in total. The van der Waals surface area contributed by atoms with Crippen molar-refractivity contribution < 1.29 is 19.4 Å². The topological polar surface area (TPSA) is 71.4 Å². The minimum Gasteiger partial charge on any atom is -0.545 e. The molecule has 0 amide bonds. The number of carboxylic acid groups (broad SMARTS) is 1. The fourth-order valence-electron chi connectivity index (χ4n) is 2.90. The van der Waals surface area contributed by atoms with Gasteiger partial charge in [0.2, 0.25) is 0 Å². The molecule has 1 heterocycles. The summed E-state index contributed by atoms with van der Waals surface area (Å²) in [5.74, 6) is -2.06. The molecule has 0 saturated carbocycles. The zero-order valence-corrected chi connectivity index (χ0v) is 15.2. The standard InChI is InChI=1S/C20H23NO4/c1-6-25-20(24)18(12(2)3)16(19(22)23)11-15-13(4)21(5)17-10-8-7-9-14(15)17/h7-11H,6H2,1-5H3,(H,22,23)/p-1/b16-11-. The van der Waals surface area contributed by atoms with Crippen molar-refractivity contribution in [3.05, 3.63) is 52.2 Å². The van der Waals surface area contributed by atoms with Crippen LogP contribution in [0.3, 0.4) is 0 Å². The molecule has 0 fully saturated rings. The van der Waals surface area contributed by atoms with E-state index < -0.39 is 11.9 Å². The number of esters is 1. The first-order valence-electron chi connectivity index (χ1n) is 8.11. The molecule has 0 aliphatic carbocycles. The van der Waals surface area contributed by atoms with Gasteiger partial charge in [-0.25, -0.2) is 4.79 Å².